The van der Waals surface area contributed by atoms with Crippen molar-refractivity contribution in [3.63, 3.8) is 0 Å². The zero-order valence-corrected chi connectivity index (χ0v) is 11.7. The van der Waals surface area contributed by atoms with Crippen LogP contribution in [0.4, 0.5) is 10.1 Å². The Morgan fingerprint density at radius 1 is 1.33 bits per heavy atom. The molecule has 1 aliphatic rings. The van der Waals surface area contributed by atoms with Crippen LogP contribution in [0, 0.1) is 11.7 Å². The number of hydrogen-bond acceptors (Lipinski definition) is 3. The zero-order chi connectivity index (χ0) is 15.4. The average molecular weight is 313 g/mol. The van der Waals surface area contributed by atoms with E-state index in [-0.39, 0.29) is 29.3 Å². The molecule has 0 saturated heterocycles. The Morgan fingerprint density at radius 3 is 2.76 bits per heavy atom. The first-order valence-corrected chi connectivity index (χ1v) is 6.74. The van der Waals surface area contributed by atoms with Crippen molar-refractivity contribution in [2.45, 2.75) is 12.5 Å². The topological polar surface area (TPSA) is 78.4 Å². The second-order valence-corrected chi connectivity index (χ2v) is 5.11. The lowest BCUT2D eigenvalue weighted by molar-refractivity contribution is -0.136. The number of halogens is 2. The van der Waals surface area contributed by atoms with Crippen LogP contribution in [0.5, 0.6) is 0 Å². The third kappa shape index (κ3) is 3.80. The summed E-state index contributed by atoms with van der Waals surface area (Å²) in [6.07, 6.45) is 4.02. The SMILES string of the molecule is O=C(Nc1cccc(Cl)c1F)C(=O)N[C@@H]1C=C[C@H](CO)C1. The van der Waals surface area contributed by atoms with Gasteiger partial charge in [0.1, 0.15) is 0 Å². The van der Waals surface area contributed by atoms with Gasteiger partial charge in [-0.2, -0.15) is 0 Å². The molecule has 1 aliphatic carbocycles. The predicted octanol–water partition coefficient (Wildman–Crippen LogP) is 1.47. The molecule has 2 amide bonds. The van der Waals surface area contributed by atoms with Crippen molar-refractivity contribution in [3.8, 4) is 0 Å². The molecule has 0 bridgehead atoms. The summed E-state index contributed by atoms with van der Waals surface area (Å²) in [7, 11) is 0. The number of nitrogens with one attached hydrogen (secondary N) is 2. The highest BCUT2D eigenvalue weighted by molar-refractivity contribution is 6.40. The maximum atomic E-state index is 13.6. The van der Waals surface area contributed by atoms with E-state index in [4.69, 9.17) is 16.7 Å². The molecule has 21 heavy (non-hydrogen) atoms. The summed E-state index contributed by atoms with van der Waals surface area (Å²) in [6, 6.07) is 3.80. The number of carbonyl (C=O) groups excluding carboxylic acids is 2. The summed E-state index contributed by atoms with van der Waals surface area (Å²) in [5, 5.41) is 13.5. The highest BCUT2D eigenvalue weighted by Crippen LogP contribution is 2.22. The van der Waals surface area contributed by atoms with Crippen LogP contribution in [0.25, 0.3) is 0 Å². The fourth-order valence-corrected chi connectivity index (χ4v) is 2.20. The molecule has 0 aromatic heterocycles. The minimum Gasteiger partial charge on any atom is -0.396 e. The van der Waals surface area contributed by atoms with Gasteiger partial charge in [-0.05, 0) is 18.6 Å². The maximum Gasteiger partial charge on any atom is 0.313 e. The van der Waals surface area contributed by atoms with E-state index < -0.39 is 17.6 Å². The van der Waals surface area contributed by atoms with E-state index in [0.717, 1.165) is 0 Å². The number of aliphatic hydroxyl groups excluding tert-OH is 1. The Balaban J connectivity index is 1.93. The Kier molecular flexibility index (Phi) is 4.93. The van der Waals surface area contributed by atoms with Crippen LogP contribution in [0.3, 0.4) is 0 Å². The smallest absolute Gasteiger partial charge is 0.313 e. The van der Waals surface area contributed by atoms with E-state index in [1.54, 1.807) is 12.2 Å². The van der Waals surface area contributed by atoms with Gasteiger partial charge in [0, 0.05) is 18.6 Å². The monoisotopic (exact) mass is 312 g/mol. The van der Waals surface area contributed by atoms with Crippen LogP contribution in [-0.2, 0) is 9.59 Å². The number of anilines is 1. The number of carbonyl (C=O) groups is 2. The molecule has 1 aromatic carbocycles. The lowest BCUT2D eigenvalue weighted by Gasteiger charge is -2.13. The van der Waals surface area contributed by atoms with Crippen LogP contribution in [0.15, 0.2) is 30.4 Å². The fraction of sp³-hybridized carbons (Fsp3) is 0.286. The van der Waals surface area contributed by atoms with Crippen molar-refractivity contribution < 1.29 is 19.1 Å². The van der Waals surface area contributed by atoms with Gasteiger partial charge in [-0.1, -0.05) is 29.8 Å². The molecule has 7 heteroatoms. The number of hydrogen-bond donors (Lipinski definition) is 3. The Hall–Kier alpha value is -1.92. The second-order valence-electron chi connectivity index (χ2n) is 4.70. The van der Waals surface area contributed by atoms with Crippen molar-refractivity contribution in [1.82, 2.24) is 5.32 Å². The molecule has 5 nitrogen and oxygen atoms in total. The summed E-state index contributed by atoms with van der Waals surface area (Å²) in [5.74, 6) is -2.66. The summed E-state index contributed by atoms with van der Waals surface area (Å²) < 4.78 is 13.6. The van der Waals surface area contributed by atoms with Gasteiger partial charge >= 0.3 is 11.8 Å². The first-order chi connectivity index (χ1) is 10.0. The van der Waals surface area contributed by atoms with Crippen LogP contribution in [0.2, 0.25) is 5.02 Å². The Bertz CT molecular complexity index is 592. The van der Waals surface area contributed by atoms with E-state index in [0.29, 0.717) is 6.42 Å². The molecule has 0 spiro atoms. The van der Waals surface area contributed by atoms with E-state index in [1.807, 2.05) is 0 Å². The molecule has 0 fully saturated rings. The lowest BCUT2D eigenvalue weighted by Crippen LogP contribution is -2.40. The van der Waals surface area contributed by atoms with Gasteiger partial charge in [-0.3, -0.25) is 9.59 Å². The first-order valence-electron chi connectivity index (χ1n) is 6.36. The molecule has 2 rings (SSSR count). The van der Waals surface area contributed by atoms with Crippen LogP contribution < -0.4 is 10.6 Å². The van der Waals surface area contributed by atoms with E-state index >= 15 is 0 Å². The first kappa shape index (κ1) is 15.5. The zero-order valence-electron chi connectivity index (χ0n) is 11.0. The molecule has 0 unspecified atom stereocenters. The predicted molar refractivity (Wildman–Crippen MR) is 76.3 cm³/mol. The quantitative estimate of drug-likeness (QED) is 0.584. The molecular weight excluding hydrogens is 299 g/mol. The standard InChI is InChI=1S/C14H14ClFN2O3/c15-10-2-1-3-11(12(10)16)18-14(21)13(20)17-9-5-4-8(6-9)7-19/h1-5,8-9,19H,6-7H2,(H,17,20)(H,18,21)/t8-,9+/m0/s1. The van der Waals surface area contributed by atoms with Crippen LogP contribution in [0.1, 0.15) is 6.42 Å². The van der Waals surface area contributed by atoms with Crippen molar-refractivity contribution in [1.29, 1.82) is 0 Å². The minimum absolute atomic E-state index is 0.0111. The Labute approximate surface area is 125 Å². The highest BCUT2D eigenvalue weighted by Gasteiger charge is 2.23. The van der Waals surface area contributed by atoms with E-state index in [2.05, 4.69) is 10.6 Å². The third-order valence-electron chi connectivity index (χ3n) is 3.13. The van der Waals surface area contributed by atoms with Crippen LogP contribution >= 0.6 is 11.6 Å². The maximum absolute atomic E-state index is 13.6. The highest BCUT2D eigenvalue weighted by atomic mass is 35.5. The van der Waals surface area contributed by atoms with Gasteiger partial charge in [-0.25, -0.2) is 4.39 Å². The summed E-state index contributed by atoms with van der Waals surface area (Å²) >= 11 is 5.59. The lowest BCUT2D eigenvalue weighted by atomic mass is 10.1. The Morgan fingerprint density at radius 2 is 2.10 bits per heavy atom. The average Bonchev–Trinajstić information content (AvgIpc) is 2.91. The second kappa shape index (κ2) is 6.69. The van der Waals surface area contributed by atoms with Gasteiger partial charge < -0.3 is 15.7 Å². The number of rotatable bonds is 3. The number of aliphatic hydroxyl groups is 1. The minimum atomic E-state index is -0.975. The fourth-order valence-electron chi connectivity index (χ4n) is 2.03. The summed E-state index contributed by atoms with van der Waals surface area (Å²) in [4.78, 5) is 23.4. The third-order valence-corrected chi connectivity index (χ3v) is 3.42. The molecule has 0 radical (unpaired) electrons. The molecule has 0 saturated carbocycles. The van der Waals surface area contributed by atoms with Crippen molar-refractivity contribution in [3.05, 3.63) is 41.2 Å². The van der Waals surface area contributed by atoms with Gasteiger partial charge in [-0.15, -0.1) is 0 Å². The molecule has 2 atom stereocenters. The summed E-state index contributed by atoms with van der Waals surface area (Å²) in [5.41, 5.74) is -0.155. The van der Waals surface area contributed by atoms with Crippen molar-refractivity contribution in [2.24, 2.45) is 5.92 Å². The molecule has 1 aromatic rings. The summed E-state index contributed by atoms with van der Waals surface area (Å²) in [6.45, 7) is -0.0111. The van der Waals surface area contributed by atoms with E-state index in [1.165, 1.54) is 18.2 Å². The van der Waals surface area contributed by atoms with Crippen LogP contribution in [-0.4, -0.2) is 29.6 Å². The molecule has 0 aliphatic heterocycles. The van der Waals surface area contributed by atoms with Crippen molar-refractivity contribution >= 4 is 29.1 Å². The largest absolute Gasteiger partial charge is 0.396 e. The van der Waals surface area contributed by atoms with Gasteiger partial charge in [0.25, 0.3) is 0 Å². The number of amides is 2. The van der Waals surface area contributed by atoms with E-state index in [9.17, 15) is 14.0 Å². The van der Waals surface area contributed by atoms with Gasteiger partial charge in [0.15, 0.2) is 5.82 Å². The van der Waals surface area contributed by atoms with Gasteiger partial charge in [0.05, 0.1) is 10.7 Å². The molecular formula is C14H14ClFN2O3. The van der Waals surface area contributed by atoms with Crippen molar-refractivity contribution in [2.75, 3.05) is 11.9 Å². The number of benzene rings is 1. The van der Waals surface area contributed by atoms with Gasteiger partial charge in [0.2, 0.25) is 0 Å². The molecule has 112 valence electrons. The molecule has 0 heterocycles. The normalized spacial score (nSPS) is 20.3. The molecule has 3 N–H and O–H groups in total.